The minimum atomic E-state index is -3.64. The minimum Gasteiger partial charge on any atom is -0.326 e. The smallest absolute Gasteiger partial charge is 0.241 e. The molecule has 0 radical (unpaired) electrons. The topological polar surface area (TPSA) is 75.3 Å². The number of aryl methyl sites for hydroxylation is 3. The van der Waals surface area contributed by atoms with Crippen LogP contribution in [0.1, 0.15) is 54.5 Å². The van der Waals surface area contributed by atoms with Crippen molar-refractivity contribution in [1.29, 1.82) is 0 Å². The predicted octanol–water partition coefficient (Wildman–Crippen LogP) is 3.49. The number of nitrogens with one attached hydrogen (secondary N) is 2. The van der Waals surface area contributed by atoms with Crippen molar-refractivity contribution >= 4 is 21.6 Å². The summed E-state index contributed by atoms with van der Waals surface area (Å²) in [5.41, 5.74) is 5.28. The van der Waals surface area contributed by atoms with E-state index in [2.05, 4.69) is 22.2 Å². The first-order chi connectivity index (χ1) is 12.9. The lowest BCUT2D eigenvalue weighted by Gasteiger charge is -2.21. The monoisotopic (exact) mass is 384 g/mol. The van der Waals surface area contributed by atoms with Crippen molar-refractivity contribution in [3.63, 3.8) is 0 Å². The number of amides is 1. The predicted molar refractivity (Wildman–Crippen MR) is 105 cm³/mol. The fourth-order valence-electron chi connectivity index (χ4n) is 3.92. The number of hydrogen-bond donors (Lipinski definition) is 2. The summed E-state index contributed by atoms with van der Waals surface area (Å²) in [5, 5.41) is 2.78. The highest BCUT2D eigenvalue weighted by atomic mass is 32.2. The van der Waals surface area contributed by atoms with Crippen LogP contribution in [-0.4, -0.2) is 14.3 Å². The summed E-state index contributed by atoms with van der Waals surface area (Å²) in [6.45, 7) is 1.88. The molecule has 2 N–H and O–H groups in total. The van der Waals surface area contributed by atoms with E-state index < -0.39 is 10.0 Å². The number of anilines is 1. The van der Waals surface area contributed by atoms with Gasteiger partial charge in [0, 0.05) is 18.2 Å². The molecule has 142 valence electrons. The van der Waals surface area contributed by atoms with Gasteiger partial charge in [-0.15, -0.1) is 0 Å². The highest BCUT2D eigenvalue weighted by Crippen LogP contribution is 2.28. The second-order valence-corrected chi connectivity index (χ2v) is 9.16. The van der Waals surface area contributed by atoms with Crippen LogP contribution in [0.3, 0.4) is 0 Å². The number of carbonyl (C=O) groups excluding carboxylic acids is 1. The SMILES string of the molecule is C[C@H](NS(=O)(=O)c1ccc2c(c1)CCC(=O)N2)c1ccc2c(c1)CCCC2. The molecule has 6 heteroatoms. The zero-order chi connectivity index (χ0) is 19.0. The Labute approximate surface area is 160 Å². The van der Waals surface area contributed by atoms with Crippen LogP contribution in [0.25, 0.3) is 0 Å². The molecular weight excluding hydrogens is 360 g/mol. The van der Waals surface area contributed by atoms with E-state index in [-0.39, 0.29) is 16.8 Å². The van der Waals surface area contributed by atoms with Gasteiger partial charge in [-0.1, -0.05) is 18.2 Å². The summed E-state index contributed by atoms with van der Waals surface area (Å²) < 4.78 is 28.5. The molecule has 1 heterocycles. The Hall–Kier alpha value is -2.18. The Bertz CT molecular complexity index is 998. The van der Waals surface area contributed by atoms with Gasteiger partial charge in [-0.3, -0.25) is 4.79 Å². The van der Waals surface area contributed by atoms with Gasteiger partial charge in [-0.05, 0) is 79.5 Å². The standard InChI is InChI=1S/C21H24N2O3S/c1-14(16-7-6-15-4-2-3-5-17(15)12-16)23-27(25,26)19-9-10-20-18(13-19)8-11-21(24)22-20/h6-7,9-10,12-14,23H,2-5,8,11H2,1H3,(H,22,24)/t14-/m0/s1. The number of benzene rings is 2. The van der Waals surface area contributed by atoms with Crippen LogP contribution in [0.15, 0.2) is 41.3 Å². The Kier molecular flexibility index (Phi) is 4.78. The van der Waals surface area contributed by atoms with Gasteiger partial charge in [-0.2, -0.15) is 0 Å². The summed E-state index contributed by atoms with van der Waals surface area (Å²) in [6.07, 6.45) is 5.55. The first-order valence-electron chi connectivity index (χ1n) is 9.49. The number of sulfonamides is 1. The molecule has 2 aliphatic rings. The van der Waals surface area contributed by atoms with Crippen LogP contribution >= 0.6 is 0 Å². The first kappa shape index (κ1) is 18.2. The van der Waals surface area contributed by atoms with E-state index in [1.54, 1.807) is 18.2 Å². The van der Waals surface area contributed by atoms with Crippen molar-refractivity contribution in [2.24, 2.45) is 0 Å². The molecule has 4 rings (SSSR count). The Morgan fingerprint density at radius 2 is 1.70 bits per heavy atom. The molecule has 1 aliphatic carbocycles. The van der Waals surface area contributed by atoms with Crippen molar-refractivity contribution in [3.05, 3.63) is 58.7 Å². The molecule has 1 atom stereocenters. The largest absolute Gasteiger partial charge is 0.326 e. The zero-order valence-corrected chi connectivity index (χ0v) is 16.2. The molecule has 1 aliphatic heterocycles. The van der Waals surface area contributed by atoms with E-state index in [1.165, 1.54) is 24.0 Å². The zero-order valence-electron chi connectivity index (χ0n) is 15.4. The normalized spacial score (nSPS) is 17.6. The molecule has 0 bridgehead atoms. The quantitative estimate of drug-likeness (QED) is 0.847. The molecule has 0 saturated carbocycles. The summed E-state index contributed by atoms with van der Waals surface area (Å²) in [4.78, 5) is 11.7. The first-order valence-corrected chi connectivity index (χ1v) is 11.0. The van der Waals surface area contributed by atoms with Gasteiger partial charge in [0.1, 0.15) is 0 Å². The Morgan fingerprint density at radius 1 is 0.926 bits per heavy atom. The minimum absolute atomic E-state index is 0.0303. The van der Waals surface area contributed by atoms with E-state index in [0.29, 0.717) is 18.5 Å². The van der Waals surface area contributed by atoms with E-state index in [4.69, 9.17) is 0 Å². The maximum atomic E-state index is 12.9. The van der Waals surface area contributed by atoms with Gasteiger partial charge in [0.2, 0.25) is 15.9 Å². The summed E-state index contributed by atoms with van der Waals surface area (Å²) in [5.74, 6) is -0.0303. The molecule has 2 aromatic rings. The third-order valence-corrected chi connectivity index (χ3v) is 7.03. The molecule has 1 amide bonds. The van der Waals surface area contributed by atoms with Gasteiger partial charge in [-0.25, -0.2) is 13.1 Å². The fraction of sp³-hybridized carbons (Fsp3) is 0.381. The van der Waals surface area contributed by atoms with Crippen molar-refractivity contribution in [2.75, 3.05) is 5.32 Å². The van der Waals surface area contributed by atoms with E-state index >= 15 is 0 Å². The van der Waals surface area contributed by atoms with Crippen molar-refractivity contribution in [3.8, 4) is 0 Å². The Morgan fingerprint density at radius 3 is 2.52 bits per heavy atom. The highest BCUT2D eigenvalue weighted by Gasteiger charge is 2.22. The number of hydrogen-bond acceptors (Lipinski definition) is 3. The molecule has 0 saturated heterocycles. The molecule has 0 spiro atoms. The average molecular weight is 385 g/mol. The van der Waals surface area contributed by atoms with Crippen LogP contribution in [0.5, 0.6) is 0 Å². The molecule has 0 fully saturated rings. The van der Waals surface area contributed by atoms with E-state index in [9.17, 15) is 13.2 Å². The maximum absolute atomic E-state index is 12.9. The lowest BCUT2D eigenvalue weighted by Crippen LogP contribution is -2.27. The number of rotatable bonds is 4. The van der Waals surface area contributed by atoms with Gasteiger partial charge in [0.15, 0.2) is 0 Å². The third kappa shape index (κ3) is 3.77. The number of carbonyl (C=O) groups is 1. The molecule has 0 aromatic heterocycles. The van der Waals surface area contributed by atoms with Crippen LogP contribution < -0.4 is 10.0 Å². The second-order valence-electron chi connectivity index (χ2n) is 7.45. The molecule has 0 unspecified atom stereocenters. The van der Waals surface area contributed by atoms with Crippen LogP contribution in [-0.2, 0) is 34.1 Å². The molecular formula is C21H24N2O3S. The third-order valence-electron chi connectivity index (χ3n) is 5.49. The number of fused-ring (bicyclic) bond motifs is 2. The lowest BCUT2D eigenvalue weighted by molar-refractivity contribution is -0.116. The molecule has 5 nitrogen and oxygen atoms in total. The maximum Gasteiger partial charge on any atom is 0.241 e. The van der Waals surface area contributed by atoms with Crippen molar-refractivity contribution in [2.45, 2.75) is 56.4 Å². The summed E-state index contributed by atoms with van der Waals surface area (Å²) >= 11 is 0. The summed E-state index contributed by atoms with van der Waals surface area (Å²) in [7, 11) is -3.64. The molecule has 27 heavy (non-hydrogen) atoms. The highest BCUT2D eigenvalue weighted by molar-refractivity contribution is 7.89. The van der Waals surface area contributed by atoms with E-state index in [0.717, 1.165) is 24.0 Å². The fourth-order valence-corrected chi connectivity index (χ4v) is 5.20. The van der Waals surface area contributed by atoms with Gasteiger partial charge in [0.25, 0.3) is 0 Å². The van der Waals surface area contributed by atoms with Crippen molar-refractivity contribution in [1.82, 2.24) is 4.72 Å². The van der Waals surface area contributed by atoms with E-state index in [1.807, 2.05) is 13.0 Å². The lowest BCUT2D eigenvalue weighted by atomic mass is 9.89. The Balaban J connectivity index is 1.55. The van der Waals surface area contributed by atoms with Crippen LogP contribution in [0.2, 0.25) is 0 Å². The van der Waals surface area contributed by atoms with Crippen LogP contribution in [0, 0.1) is 0 Å². The van der Waals surface area contributed by atoms with Crippen molar-refractivity contribution < 1.29 is 13.2 Å². The second kappa shape index (κ2) is 7.09. The van der Waals surface area contributed by atoms with Crippen LogP contribution in [0.4, 0.5) is 5.69 Å². The average Bonchev–Trinajstić information content (AvgIpc) is 2.66. The summed E-state index contributed by atoms with van der Waals surface area (Å²) in [6, 6.07) is 10.9. The van der Waals surface area contributed by atoms with Gasteiger partial charge >= 0.3 is 0 Å². The molecule has 2 aromatic carbocycles. The van der Waals surface area contributed by atoms with Gasteiger partial charge < -0.3 is 5.32 Å². The van der Waals surface area contributed by atoms with Gasteiger partial charge in [0.05, 0.1) is 4.90 Å².